The van der Waals surface area contributed by atoms with Gasteiger partial charge in [-0.15, -0.1) is 0 Å². The fraction of sp³-hybridized carbons (Fsp3) is 0.429. The van der Waals surface area contributed by atoms with Crippen molar-refractivity contribution >= 4 is 10.9 Å². The van der Waals surface area contributed by atoms with Crippen LogP contribution in [0.1, 0.15) is 12.0 Å². The SMILES string of the molecule is CN(C)CCC(N)Cc1c[nH]c2ccccc12. The molecule has 1 atom stereocenters. The molecular weight excluding hydrogens is 210 g/mol. The number of H-pyrrole nitrogens is 1. The van der Waals surface area contributed by atoms with Crippen molar-refractivity contribution in [3.05, 3.63) is 36.0 Å². The zero-order chi connectivity index (χ0) is 12.3. The minimum Gasteiger partial charge on any atom is -0.361 e. The fourth-order valence-electron chi connectivity index (χ4n) is 2.11. The molecule has 1 unspecified atom stereocenters. The molecule has 0 aliphatic carbocycles. The Balaban J connectivity index is 2.03. The Labute approximate surface area is 103 Å². The molecule has 0 bridgehead atoms. The summed E-state index contributed by atoms with van der Waals surface area (Å²) in [6.07, 6.45) is 4.06. The van der Waals surface area contributed by atoms with Gasteiger partial charge in [-0.25, -0.2) is 0 Å². The van der Waals surface area contributed by atoms with E-state index < -0.39 is 0 Å². The van der Waals surface area contributed by atoms with Crippen molar-refractivity contribution in [2.75, 3.05) is 20.6 Å². The van der Waals surface area contributed by atoms with E-state index in [1.165, 1.54) is 16.5 Å². The maximum atomic E-state index is 6.16. The predicted octanol–water partition coefficient (Wildman–Crippen LogP) is 1.99. The third kappa shape index (κ3) is 3.08. The summed E-state index contributed by atoms with van der Waals surface area (Å²) in [5.41, 5.74) is 8.69. The average molecular weight is 231 g/mol. The van der Waals surface area contributed by atoms with Crippen molar-refractivity contribution in [2.45, 2.75) is 18.9 Å². The third-order valence-electron chi connectivity index (χ3n) is 3.10. The molecule has 0 aliphatic heterocycles. The van der Waals surface area contributed by atoms with E-state index in [4.69, 9.17) is 5.73 Å². The number of benzene rings is 1. The van der Waals surface area contributed by atoms with Gasteiger partial charge in [-0.2, -0.15) is 0 Å². The number of nitrogens with one attached hydrogen (secondary N) is 1. The second kappa shape index (κ2) is 5.34. The van der Waals surface area contributed by atoms with Gasteiger partial charge in [0.05, 0.1) is 0 Å². The molecular formula is C14H21N3. The van der Waals surface area contributed by atoms with Crippen molar-refractivity contribution in [3.63, 3.8) is 0 Å². The van der Waals surface area contributed by atoms with E-state index in [1.54, 1.807) is 0 Å². The lowest BCUT2D eigenvalue weighted by atomic mass is 10.0. The summed E-state index contributed by atoms with van der Waals surface area (Å²) in [4.78, 5) is 5.47. The van der Waals surface area contributed by atoms with Gasteiger partial charge in [0.25, 0.3) is 0 Å². The van der Waals surface area contributed by atoms with Gasteiger partial charge in [-0.05, 0) is 45.1 Å². The molecule has 92 valence electrons. The van der Waals surface area contributed by atoms with Crippen molar-refractivity contribution in [1.29, 1.82) is 0 Å². The normalized spacial score (nSPS) is 13.4. The van der Waals surface area contributed by atoms with Crippen LogP contribution in [0.4, 0.5) is 0 Å². The van der Waals surface area contributed by atoms with Gasteiger partial charge in [0, 0.05) is 23.1 Å². The molecule has 3 heteroatoms. The molecule has 0 saturated carbocycles. The number of nitrogens with zero attached hydrogens (tertiary/aromatic N) is 1. The number of para-hydroxylation sites is 1. The molecule has 0 spiro atoms. The Morgan fingerprint density at radius 1 is 1.29 bits per heavy atom. The Hall–Kier alpha value is -1.32. The van der Waals surface area contributed by atoms with Crippen molar-refractivity contribution in [1.82, 2.24) is 9.88 Å². The molecule has 2 rings (SSSR count). The summed E-state index contributed by atoms with van der Waals surface area (Å²) in [5, 5.41) is 1.30. The van der Waals surface area contributed by atoms with Crippen LogP contribution >= 0.6 is 0 Å². The highest BCUT2D eigenvalue weighted by Gasteiger charge is 2.08. The Kier molecular flexibility index (Phi) is 3.82. The Morgan fingerprint density at radius 3 is 2.82 bits per heavy atom. The standard InChI is InChI=1S/C14H21N3/c1-17(2)8-7-12(15)9-11-10-16-14-6-4-3-5-13(11)14/h3-6,10,12,16H,7-9,15H2,1-2H3. The van der Waals surface area contributed by atoms with Crippen molar-refractivity contribution in [2.24, 2.45) is 5.73 Å². The highest BCUT2D eigenvalue weighted by molar-refractivity contribution is 5.83. The van der Waals surface area contributed by atoms with Gasteiger partial charge in [0.15, 0.2) is 0 Å². The lowest BCUT2D eigenvalue weighted by molar-refractivity contribution is 0.380. The fourth-order valence-corrected chi connectivity index (χ4v) is 2.11. The predicted molar refractivity (Wildman–Crippen MR) is 73.1 cm³/mol. The average Bonchev–Trinajstić information content (AvgIpc) is 2.70. The van der Waals surface area contributed by atoms with E-state index in [2.05, 4.69) is 54.4 Å². The second-order valence-corrected chi connectivity index (χ2v) is 4.92. The lowest BCUT2D eigenvalue weighted by Gasteiger charge is -2.14. The van der Waals surface area contributed by atoms with Gasteiger partial charge in [0.1, 0.15) is 0 Å². The number of aromatic amines is 1. The number of hydrogen-bond donors (Lipinski definition) is 2. The molecule has 1 aromatic heterocycles. The van der Waals surface area contributed by atoms with Crippen LogP contribution in [-0.4, -0.2) is 36.6 Å². The number of nitrogens with two attached hydrogens (primary N) is 1. The van der Waals surface area contributed by atoms with E-state index in [0.29, 0.717) is 0 Å². The summed E-state index contributed by atoms with van der Waals surface area (Å²) in [6.45, 7) is 1.05. The molecule has 0 amide bonds. The van der Waals surface area contributed by atoms with Gasteiger partial charge in [0.2, 0.25) is 0 Å². The van der Waals surface area contributed by atoms with E-state index >= 15 is 0 Å². The van der Waals surface area contributed by atoms with Crippen molar-refractivity contribution < 1.29 is 0 Å². The van der Waals surface area contributed by atoms with Crippen LogP contribution in [0.25, 0.3) is 10.9 Å². The highest BCUT2D eigenvalue weighted by Crippen LogP contribution is 2.19. The molecule has 1 aromatic carbocycles. The van der Waals surface area contributed by atoms with Crippen molar-refractivity contribution in [3.8, 4) is 0 Å². The van der Waals surface area contributed by atoms with Crippen LogP contribution in [0.2, 0.25) is 0 Å². The van der Waals surface area contributed by atoms with Gasteiger partial charge < -0.3 is 15.6 Å². The lowest BCUT2D eigenvalue weighted by Crippen LogP contribution is -2.28. The summed E-state index contributed by atoms with van der Waals surface area (Å²) in [5.74, 6) is 0. The van der Waals surface area contributed by atoms with Gasteiger partial charge in [-0.3, -0.25) is 0 Å². The molecule has 0 aliphatic rings. The highest BCUT2D eigenvalue weighted by atomic mass is 15.0. The number of hydrogen-bond acceptors (Lipinski definition) is 2. The Morgan fingerprint density at radius 2 is 2.06 bits per heavy atom. The van der Waals surface area contributed by atoms with Crippen LogP contribution in [0.3, 0.4) is 0 Å². The monoisotopic (exact) mass is 231 g/mol. The van der Waals surface area contributed by atoms with Crippen LogP contribution in [-0.2, 0) is 6.42 Å². The topological polar surface area (TPSA) is 45.0 Å². The summed E-state index contributed by atoms with van der Waals surface area (Å²) in [7, 11) is 4.16. The van der Waals surface area contributed by atoms with E-state index in [1.807, 2.05) is 0 Å². The zero-order valence-corrected chi connectivity index (χ0v) is 10.6. The molecule has 1 heterocycles. The van der Waals surface area contributed by atoms with Gasteiger partial charge >= 0.3 is 0 Å². The number of fused-ring (bicyclic) bond motifs is 1. The quantitative estimate of drug-likeness (QED) is 0.826. The summed E-state index contributed by atoms with van der Waals surface area (Å²) < 4.78 is 0. The minimum absolute atomic E-state index is 0.233. The molecule has 2 aromatic rings. The summed E-state index contributed by atoms with van der Waals surface area (Å²) in [6, 6.07) is 8.61. The molecule has 3 nitrogen and oxygen atoms in total. The minimum atomic E-state index is 0.233. The van der Waals surface area contributed by atoms with Crippen LogP contribution < -0.4 is 5.73 Å². The van der Waals surface area contributed by atoms with Crippen LogP contribution in [0.15, 0.2) is 30.5 Å². The maximum absolute atomic E-state index is 6.16. The second-order valence-electron chi connectivity index (χ2n) is 4.92. The first kappa shape index (κ1) is 12.1. The maximum Gasteiger partial charge on any atom is 0.0456 e. The first-order chi connectivity index (χ1) is 8.16. The van der Waals surface area contributed by atoms with E-state index in [0.717, 1.165) is 19.4 Å². The van der Waals surface area contributed by atoms with Gasteiger partial charge in [-0.1, -0.05) is 18.2 Å². The largest absolute Gasteiger partial charge is 0.361 e. The number of aromatic nitrogens is 1. The van der Waals surface area contributed by atoms with Crippen LogP contribution in [0.5, 0.6) is 0 Å². The third-order valence-corrected chi connectivity index (χ3v) is 3.10. The van der Waals surface area contributed by atoms with Crippen LogP contribution in [0, 0.1) is 0 Å². The molecule has 17 heavy (non-hydrogen) atoms. The molecule has 0 radical (unpaired) electrons. The summed E-state index contributed by atoms with van der Waals surface area (Å²) >= 11 is 0. The first-order valence-electron chi connectivity index (χ1n) is 6.12. The number of rotatable bonds is 5. The Bertz CT molecular complexity index is 473. The zero-order valence-electron chi connectivity index (χ0n) is 10.6. The first-order valence-corrected chi connectivity index (χ1v) is 6.12. The van der Waals surface area contributed by atoms with E-state index in [9.17, 15) is 0 Å². The molecule has 3 N–H and O–H groups in total. The smallest absolute Gasteiger partial charge is 0.0456 e. The molecule has 0 saturated heterocycles. The molecule has 0 fully saturated rings. The van der Waals surface area contributed by atoms with E-state index in [-0.39, 0.29) is 6.04 Å².